The first-order valence-electron chi connectivity index (χ1n) is 7.10. The molecule has 4 heteroatoms. The van der Waals surface area contributed by atoms with Gasteiger partial charge in [-0.1, -0.05) is 51.9 Å². The predicted octanol–water partition coefficient (Wildman–Crippen LogP) is 3.70. The Bertz CT molecular complexity index is 266. The quantitative estimate of drug-likeness (QED) is 0.345. The number of ether oxygens (including phenoxy) is 1. The maximum absolute atomic E-state index is 11.2. The Hall–Kier alpha value is -0.510. The number of thioether (sulfide) groups is 1. The van der Waals surface area contributed by atoms with Crippen LogP contribution in [0.5, 0.6) is 0 Å². The number of cyclic esters (lactones) is 2. The van der Waals surface area contributed by atoms with Crippen LogP contribution in [0.1, 0.15) is 64.7 Å². The van der Waals surface area contributed by atoms with Crippen molar-refractivity contribution >= 4 is 23.7 Å². The normalized spacial score (nSPS) is 19.3. The number of unbranched alkanes of at least 4 members (excludes halogenated alkanes) is 7. The van der Waals surface area contributed by atoms with Crippen molar-refractivity contribution in [3.8, 4) is 0 Å². The summed E-state index contributed by atoms with van der Waals surface area (Å²) in [6.45, 7) is 2.23. The molecule has 1 saturated heterocycles. The number of carbonyl (C=O) groups is 2. The Kier molecular flexibility index (Phi) is 8.14. The molecule has 0 amide bonds. The molecule has 0 aromatic heterocycles. The molecule has 0 radical (unpaired) electrons. The number of carbonyl (C=O) groups excluding carboxylic acids is 2. The number of rotatable bonds is 10. The molecule has 1 heterocycles. The Morgan fingerprint density at radius 2 is 1.67 bits per heavy atom. The molecule has 0 spiro atoms. The molecular formula is C14H24O3S. The van der Waals surface area contributed by atoms with E-state index in [-0.39, 0.29) is 23.6 Å². The van der Waals surface area contributed by atoms with Gasteiger partial charge in [-0.2, -0.15) is 0 Å². The lowest BCUT2D eigenvalue weighted by Gasteiger charge is -2.04. The molecule has 1 aliphatic heterocycles. The lowest BCUT2D eigenvalue weighted by atomic mass is 10.1. The van der Waals surface area contributed by atoms with Crippen molar-refractivity contribution < 1.29 is 14.3 Å². The van der Waals surface area contributed by atoms with Crippen molar-refractivity contribution in [2.45, 2.75) is 70.0 Å². The van der Waals surface area contributed by atoms with E-state index >= 15 is 0 Å². The van der Waals surface area contributed by atoms with Crippen LogP contribution in [-0.2, 0) is 14.3 Å². The molecule has 1 unspecified atom stereocenters. The fourth-order valence-electron chi connectivity index (χ4n) is 2.04. The van der Waals surface area contributed by atoms with Gasteiger partial charge in [-0.05, 0) is 12.2 Å². The van der Waals surface area contributed by atoms with Crippen LogP contribution in [0.3, 0.4) is 0 Å². The van der Waals surface area contributed by atoms with Crippen LogP contribution in [-0.4, -0.2) is 22.9 Å². The second kappa shape index (κ2) is 9.42. The van der Waals surface area contributed by atoms with E-state index in [0.29, 0.717) is 0 Å². The van der Waals surface area contributed by atoms with Gasteiger partial charge in [-0.3, -0.25) is 9.59 Å². The summed E-state index contributed by atoms with van der Waals surface area (Å²) >= 11 is 1.57. The third-order valence-corrected chi connectivity index (χ3v) is 4.43. The van der Waals surface area contributed by atoms with Crippen molar-refractivity contribution in [3.05, 3.63) is 0 Å². The van der Waals surface area contributed by atoms with Crippen molar-refractivity contribution in [2.24, 2.45) is 0 Å². The summed E-state index contributed by atoms with van der Waals surface area (Å²) in [5, 5.41) is -0.234. The van der Waals surface area contributed by atoms with Crippen LogP contribution in [0.2, 0.25) is 0 Å². The Morgan fingerprint density at radius 3 is 2.22 bits per heavy atom. The molecule has 0 bridgehead atoms. The van der Waals surface area contributed by atoms with Crippen molar-refractivity contribution in [1.29, 1.82) is 0 Å². The Labute approximate surface area is 114 Å². The summed E-state index contributed by atoms with van der Waals surface area (Å²) in [5.74, 6) is 0.250. The first kappa shape index (κ1) is 15.5. The zero-order valence-corrected chi connectivity index (χ0v) is 12.1. The Balaban J connectivity index is 1.87. The molecule has 0 aliphatic carbocycles. The highest BCUT2D eigenvalue weighted by atomic mass is 32.2. The van der Waals surface area contributed by atoms with E-state index in [4.69, 9.17) is 0 Å². The minimum absolute atomic E-state index is 0.234. The molecule has 3 nitrogen and oxygen atoms in total. The van der Waals surface area contributed by atoms with Crippen LogP contribution in [0.25, 0.3) is 0 Å². The second-order valence-corrected chi connectivity index (χ2v) is 6.14. The van der Waals surface area contributed by atoms with Crippen molar-refractivity contribution in [3.63, 3.8) is 0 Å². The first-order chi connectivity index (χ1) is 8.74. The average molecular weight is 272 g/mol. The van der Waals surface area contributed by atoms with Crippen LogP contribution in [0.15, 0.2) is 0 Å². The van der Waals surface area contributed by atoms with Gasteiger partial charge in [0.15, 0.2) is 0 Å². The fourth-order valence-corrected chi connectivity index (χ4v) is 3.14. The highest BCUT2D eigenvalue weighted by Gasteiger charge is 2.33. The number of esters is 2. The third kappa shape index (κ3) is 6.43. The lowest BCUT2D eigenvalue weighted by molar-refractivity contribution is -0.151. The second-order valence-electron chi connectivity index (χ2n) is 4.83. The molecular weight excluding hydrogens is 248 g/mol. The maximum Gasteiger partial charge on any atom is 0.327 e. The first-order valence-corrected chi connectivity index (χ1v) is 8.15. The summed E-state index contributed by atoms with van der Waals surface area (Å²) in [6.07, 6.45) is 10.6. The smallest absolute Gasteiger partial charge is 0.327 e. The average Bonchev–Trinajstić information content (AvgIpc) is 2.66. The monoisotopic (exact) mass is 272 g/mol. The molecule has 1 rings (SSSR count). The lowest BCUT2D eigenvalue weighted by Crippen LogP contribution is -2.10. The molecule has 0 N–H and O–H groups in total. The summed E-state index contributed by atoms with van der Waals surface area (Å²) < 4.78 is 4.51. The van der Waals surface area contributed by atoms with Gasteiger partial charge in [0.2, 0.25) is 0 Å². The molecule has 1 aliphatic rings. The number of hydrogen-bond donors (Lipinski definition) is 0. The van der Waals surface area contributed by atoms with Crippen LogP contribution >= 0.6 is 11.8 Å². The van der Waals surface area contributed by atoms with E-state index in [1.807, 2.05) is 0 Å². The molecule has 0 aromatic carbocycles. The minimum atomic E-state index is -0.367. The van der Waals surface area contributed by atoms with Crippen molar-refractivity contribution in [2.75, 3.05) is 5.75 Å². The van der Waals surface area contributed by atoms with E-state index in [1.165, 1.54) is 44.9 Å². The minimum Gasteiger partial charge on any atom is -0.392 e. The highest BCUT2D eigenvalue weighted by molar-refractivity contribution is 8.00. The maximum atomic E-state index is 11.2. The van der Waals surface area contributed by atoms with Gasteiger partial charge < -0.3 is 4.74 Å². The molecule has 0 saturated carbocycles. The summed E-state index contributed by atoms with van der Waals surface area (Å²) in [7, 11) is 0. The summed E-state index contributed by atoms with van der Waals surface area (Å²) in [5.41, 5.74) is 0. The summed E-state index contributed by atoms with van der Waals surface area (Å²) in [6, 6.07) is 0. The topological polar surface area (TPSA) is 43.4 Å². The SMILES string of the molecule is CCCCCCCCCCSC1CC(=O)OC1=O. The van der Waals surface area contributed by atoms with Crippen LogP contribution < -0.4 is 0 Å². The molecule has 1 atom stereocenters. The van der Waals surface area contributed by atoms with Gasteiger partial charge in [-0.25, -0.2) is 0 Å². The van der Waals surface area contributed by atoms with Gasteiger partial charge in [-0.15, -0.1) is 11.8 Å². The third-order valence-electron chi connectivity index (χ3n) is 3.15. The van der Waals surface area contributed by atoms with Gasteiger partial charge in [0, 0.05) is 0 Å². The van der Waals surface area contributed by atoms with E-state index in [0.717, 1.165) is 12.2 Å². The predicted molar refractivity (Wildman–Crippen MR) is 74.6 cm³/mol. The van der Waals surface area contributed by atoms with E-state index in [1.54, 1.807) is 11.8 Å². The molecule has 0 aromatic rings. The van der Waals surface area contributed by atoms with Gasteiger partial charge in [0.1, 0.15) is 5.25 Å². The zero-order chi connectivity index (χ0) is 13.2. The van der Waals surface area contributed by atoms with Crippen LogP contribution in [0, 0.1) is 0 Å². The van der Waals surface area contributed by atoms with Gasteiger partial charge in [0.25, 0.3) is 0 Å². The molecule has 1 fully saturated rings. The van der Waals surface area contributed by atoms with Gasteiger partial charge >= 0.3 is 11.9 Å². The zero-order valence-electron chi connectivity index (χ0n) is 11.3. The highest BCUT2D eigenvalue weighted by Crippen LogP contribution is 2.24. The number of hydrogen-bond acceptors (Lipinski definition) is 4. The largest absolute Gasteiger partial charge is 0.392 e. The van der Waals surface area contributed by atoms with Crippen LogP contribution in [0.4, 0.5) is 0 Å². The fraction of sp³-hybridized carbons (Fsp3) is 0.857. The standard InChI is InChI=1S/C14H24O3S/c1-2-3-4-5-6-7-8-9-10-18-12-11-13(15)17-14(12)16/h12H,2-11H2,1H3. The summed E-state index contributed by atoms with van der Waals surface area (Å²) in [4.78, 5) is 22.1. The van der Waals surface area contributed by atoms with Gasteiger partial charge in [0.05, 0.1) is 6.42 Å². The van der Waals surface area contributed by atoms with E-state index < -0.39 is 0 Å². The Morgan fingerprint density at radius 1 is 1.06 bits per heavy atom. The van der Waals surface area contributed by atoms with Crippen molar-refractivity contribution in [1.82, 2.24) is 0 Å². The van der Waals surface area contributed by atoms with E-state index in [2.05, 4.69) is 11.7 Å². The molecule has 104 valence electrons. The molecule has 18 heavy (non-hydrogen) atoms. The van der Waals surface area contributed by atoms with E-state index in [9.17, 15) is 9.59 Å².